The zero-order valence-corrected chi connectivity index (χ0v) is 37.5. The molecule has 3 aliphatic rings. The van der Waals surface area contributed by atoms with Crippen molar-refractivity contribution in [1.29, 1.82) is 0 Å². The summed E-state index contributed by atoms with van der Waals surface area (Å²) in [6.07, 6.45) is -0.532. The van der Waals surface area contributed by atoms with E-state index in [4.69, 9.17) is 9.47 Å². The lowest BCUT2D eigenvalue weighted by Gasteiger charge is -2.46. The fraction of sp³-hybridized carbons (Fsp3) is 0.200. The van der Waals surface area contributed by atoms with Crippen molar-refractivity contribution in [2.24, 2.45) is 5.92 Å². The maximum Gasteiger partial charge on any atom is 0.421 e. The lowest BCUT2D eigenvalue weighted by Crippen LogP contribution is -2.55. The van der Waals surface area contributed by atoms with Crippen LogP contribution in [0, 0.1) is 27.9 Å². The Hall–Kier alpha value is -8.38. The van der Waals surface area contributed by atoms with E-state index in [9.17, 15) is 20.0 Å². The number of non-ortho nitro benzene ring substituents is 1. The van der Waals surface area contributed by atoms with Gasteiger partial charge in [0.25, 0.3) is 5.69 Å². The summed E-state index contributed by atoms with van der Waals surface area (Å²) in [5.41, 5.74) is 1.96. The Balaban J connectivity index is 1.26. The summed E-state index contributed by atoms with van der Waals surface area (Å²) in [4.78, 5) is 77.2. The number of amides is 3. The molecule has 2 N–H and O–H groups in total. The number of nitrogens with one attached hydrogen (secondary N) is 1. The minimum atomic E-state index is -2.08. The SMILES string of the molecule is C=CCNC(=O)[C@H]1[C@@H]2C(=O)O[C@@H](c3ccccc3)[C@@H](c3ccccc3)N2[C@@H](c2ccc(O)cc2)[C@]12C(=O)N(C(=O)OCc1ccc([N+](=O)[O-])cc1)c1ccc(C#CCN(C)Cc3ccccc3)cc12. The predicted octanol–water partition coefficient (Wildman–Crippen LogP) is 8.09. The van der Waals surface area contributed by atoms with Crippen LogP contribution in [0.3, 0.4) is 0 Å². The molecule has 6 aromatic rings. The third kappa shape index (κ3) is 8.61. The quantitative estimate of drug-likeness (QED) is 0.0400. The molecule has 346 valence electrons. The number of rotatable bonds is 12. The number of fused-ring (bicyclic) bond motifs is 3. The lowest BCUT2D eigenvalue weighted by atomic mass is 9.65. The van der Waals surface area contributed by atoms with Gasteiger partial charge in [0, 0.05) is 30.8 Å². The highest BCUT2D eigenvalue weighted by Crippen LogP contribution is 2.66. The molecule has 3 heterocycles. The van der Waals surface area contributed by atoms with Gasteiger partial charge in [-0.15, -0.1) is 6.58 Å². The van der Waals surface area contributed by atoms with Gasteiger partial charge in [-0.2, -0.15) is 0 Å². The second-order valence-electron chi connectivity index (χ2n) is 17.2. The predicted molar refractivity (Wildman–Crippen MR) is 256 cm³/mol. The highest BCUT2D eigenvalue weighted by Gasteiger charge is 2.75. The Morgan fingerprint density at radius 1 is 0.855 bits per heavy atom. The van der Waals surface area contributed by atoms with Crippen molar-refractivity contribution >= 4 is 35.3 Å². The van der Waals surface area contributed by atoms with Gasteiger partial charge >= 0.3 is 12.1 Å². The van der Waals surface area contributed by atoms with Crippen LogP contribution in [0.2, 0.25) is 0 Å². The van der Waals surface area contributed by atoms with Gasteiger partial charge in [0.1, 0.15) is 29.9 Å². The number of hydrogen-bond donors (Lipinski definition) is 2. The monoisotopic (exact) mass is 921 g/mol. The maximum absolute atomic E-state index is 16.3. The number of ether oxygens (including phenoxy) is 2. The third-order valence-electron chi connectivity index (χ3n) is 12.9. The number of phenolic OH excluding ortho intramolecular Hbond substituents is 1. The number of esters is 1. The van der Waals surface area contributed by atoms with Crippen LogP contribution in [0.4, 0.5) is 16.2 Å². The zero-order chi connectivity index (χ0) is 48.2. The summed E-state index contributed by atoms with van der Waals surface area (Å²) in [5, 5.41) is 25.0. The number of carbonyl (C=O) groups excluding carboxylic acids is 4. The van der Waals surface area contributed by atoms with E-state index in [0.717, 1.165) is 16.0 Å². The van der Waals surface area contributed by atoms with Crippen molar-refractivity contribution in [3.63, 3.8) is 0 Å². The van der Waals surface area contributed by atoms with Crippen LogP contribution in [0.25, 0.3) is 0 Å². The minimum absolute atomic E-state index is 0.0180. The molecular formula is C55H47N5O9. The molecule has 6 atom stereocenters. The molecule has 9 rings (SSSR count). The van der Waals surface area contributed by atoms with Crippen molar-refractivity contribution in [2.45, 2.75) is 42.8 Å². The summed E-state index contributed by atoms with van der Waals surface area (Å²) in [6.45, 7) is 4.45. The van der Waals surface area contributed by atoms with E-state index < -0.39 is 64.4 Å². The average molecular weight is 922 g/mol. The highest BCUT2D eigenvalue weighted by molar-refractivity contribution is 6.23. The summed E-state index contributed by atoms with van der Waals surface area (Å²) < 4.78 is 12.3. The fourth-order valence-corrected chi connectivity index (χ4v) is 10.1. The van der Waals surface area contributed by atoms with E-state index >= 15 is 14.4 Å². The Kier molecular flexibility index (Phi) is 12.9. The molecule has 2 fully saturated rings. The Morgan fingerprint density at radius 2 is 1.51 bits per heavy atom. The molecule has 0 aliphatic carbocycles. The Bertz CT molecular complexity index is 2980. The number of cyclic esters (lactones) is 1. The van der Waals surface area contributed by atoms with E-state index in [2.05, 4.69) is 28.6 Å². The Labute approximate surface area is 398 Å². The van der Waals surface area contributed by atoms with Crippen LogP contribution >= 0.6 is 0 Å². The number of carbonyl (C=O) groups is 4. The molecule has 14 nitrogen and oxygen atoms in total. The number of anilines is 1. The first-order valence-electron chi connectivity index (χ1n) is 22.4. The normalized spacial score (nSPS) is 21.4. The first-order valence-corrected chi connectivity index (χ1v) is 22.4. The first-order chi connectivity index (χ1) is 33.5. The highest BCUT2D eigenvalue weighted by atomic mass is 16.6. The minimum Gasteiger partial charge on any atom is -0.508 e. The molecule has 0 unspecified atom stereocenters. The van der Waals surface area contributed by atoms with E-state index in [1.165, 1.54) is 42.5 Å². The number of hydrogen-bond acceptors (Lipinski definition) is 11. The molecule has 6 aromatic carbocycles. The molecule has 0 aromatic heterocycles. The molecule has 0 saturated carbocycles. The van der Waals surface area contributed by atoms with Gasteiger partial charge in [-0.05, 0) is 82.9 Å². The second kappa shape index (κ2) is 19.5. The van der Waals surface area contributed by atoms with Crippen LogP contribution in [-0.2, 0) is 42.4 Å². The average Bonchev–Trinajstić information content (AvgIpc) is 3.82. The molecule has 2 saturated heterocycles. The van der Waals surface area contributed by atoms with Crippen LogP contribution in [-0.4, -0.2) is 69.9 Å². The summed E-state index contributed by atoms with van der Waals surface area (Å²) in [7, 11) is 1.95. The van der Waals surface area contributed by atoms with E-state index in [-0.39, 0.29) is 35.8 Å². The Morgan fingerprint density at radius 3 is 2.16 bits per heavy atom. The van der Waals surface area contributed by atoms with Crippen LogP contribution in [0.15, 0.2) is 170 Å². The van der Waals surface area contributed by atoms with Gasteiger partial charge in [0.2, 0.25) is 11.8 Å². The lowest BCUT2D eigenvalue weighted by molar-refractivity contribution is -0.384. The van der Waals surface area contributed by atoms with Gasteiger partial charge < -0.3 is 19.9 Å². The standard InChI is InChI=1S/C55H47N5O9/c1-3-31-56-51(62)46-48-52(63)69-49(40-19-11-6-12-20-40)47(39-17-9-5-10-18-39)59(48)50(41-24-28-43(61)29-25-41)55(46)44-33-36(16-13-32-57(2)34-37-14-7-4-8-15-37)23-30-45(44)58(53(55)64)54(65)68-35-38-21-26-42(27-22-38)60(66)67/h3-12,14-15,17-30,33,46-50,61H,1,31-32,34-35H2,2H3,(H,56,62)/t46-,47-,48-,49+,50+,55-/m1/s1. The number of aromatic hydroxyl groups is 1. The number of imide groups is 1. The number of morpholine rings is 1. The van der Waals surface area contributed by atoms with Crippen LogP contribution in [0.5, 0.6) is 5.75 Å². The van der Waals surface area contributed by atoms with Gasteiger partial charge in [0.05, 0.1) is 35.2 Å². The topological polar surface area (TPSA) is 172 Å². The molecule has 1 spiro atoms. The van der Waals surface area contributed by atoms with Crippen molar-refractivity contribution < 1.29 is 38.7 Å². The summed E-state index contributed by atoms with van der Waals surface area (Å²) in [6, 6.07) is 41.8. The van der Waals surface area contributed by atoms with Gasteiger partial charge in [-0.25, -0.2) is 9.69 Å². The molecular weight excluding hydrogens is 875 g/mol. The first kappa shape index (κ1) is 45.8. The molecule has 3 amide bonds. The van der Waals surface area contributed by atoms with Crippen molar-refractivity contribution in [1.82, 2.24) is 15.1 Å². The molecule has 14 heteroatoms. The number of phenols is 1. The van der Waals surface area contributed by atoms with Crippen molar-refractivity contribution in [3.05, 3.63) is 219 Å². The third-order valence-corrected chi connectivity index (χ3v) is 12.9. The van der Waals surface area contributed by atoms with Gasteiger partial charge in [-0.3, -0.25) is 34.3 Å². The van der Waals surface area contributed by atoms with Gasteiger partial charge in [-0.1, -0.05) is 121 Å². The van der Waals surface area contributed by atoms with Crippen molar-refractivity contribution in [3.8, 4) is 17.6 Å². The number of nitrogens with zero attached hydrogens (tertiary/aromatic N) is 4. The molecule has 0 radical (unpaired) electrons. The van der Waals surface area contributed by atoms with Crippen LogP contribution in [0.1, 0.15) is 57.1 Å². The van der Waals surface area contributed by atoms with Crippen LogP contribution < -0.4 is 10.2 Å². The maximum atomic E-state index is 16.3. The summed E-state index contributed by atoms with van der Waals surface area (Å²) in [5.74, 6) is 2.60. The number of nitro groups is 1. The number of benzene rings is 6. The summed E-state index contributed by atoms with van der Waals surface area (Å²) >= 11 is 0. The number of nitro benzene ring substituents is 1. The second-order valence-corrected chi connectivity index (χ2v) is 17.2. The van der Waals surface area contributed by atoms with Crippen molar-refractivity contribution in [2.75, 3.05) is 25.0 Å². The fourth-order valence-electron chi connectivity index (χ4n) is 10.1. The van der Waals surface area contributed by atoms with E-state index in [0.29, 0.717) is 35.3 Å². The molecule has 69 heavy (non-hydrogen) atoms. The van der Waals surface area contributed by atoms with E-state index in [1.807, 2.05) is 103 Å². The van der Waals surface area contributed by atoms with E-state index in [1.54, 1.807) is 30.3 Å². The molecule has 0 bridgehead atoms. The zero-order valence-electron chi connectivity index (χ0n) is 37.5. The molecule has 3 aliphatic heterocycles. The smallest absolute Gasteiger partial charge is 0.421 e. The van der Waals surface area contributed by atoms with Gasteiger partial charge in [0.15, 0.2) is 0 Å². The largest absolute Gasteiger partial charge is 0.508 e.